The standard InChI is InChI=1S/C14H17NO2S2/c1-11-15-14(9-18-11)6-7-19(17)10-13-4-2-12(8-16)3-5-13/h2-5,9,16H,6-8,10H2,1H3. The molecule has 19 heavy (non-hydrogen) atoms. The average molecular weight is 295 g/mol. The maximum absolute atomic E-state index is 12.0. The maximum atomic E-state index is 12.0. The van der Waals surface area contributed by atoms with Gasteiger partial charge in [0.15, 0.2) is 0 Å². The molecular weight excluding hydrogens is 278 g/mol. The Bertz CT molecular complexity index is 549. The van der Waals surface area contributed by atoms with Crippen LogP contribution in [0.5, 0.6) is 0 Å². The molecule has 3 nitrogen and oxygen atoms in total. The summed E-state index contributed by atoms with van der Waals surface area (Å²) in [7, 11) is -0.869. The van der Waals surface area contributed by atoms with Gasteiger partial charge in [-0.25, -0.2) is 4.98 Å². The lowest BCUT2D eigenvalue weighted by Crippen LogP contribution is -2.04. The highest BCUT2D eigenvalue weighted by Crippen LogP contribution is 2.11. The van der Waals surface area contributed by atoms with Crippen LogP contribution in [0.2, 0.25) is 0 Å². The second kappa shape index (κ2) is 6.93. The molecule has 1 aromatic heterocycles. The molecule has 1 atom stereocenters. The third-order valence-corrected chi connectivity index (χ3v) is 4.92. The first kappa shape index (κ1) is 14.4. The summed E-state index contributed by atoms with van der Waals surface area (Å²) in [6.07, 6.45) is 0.770. The lowest BCUT2D eigenvalue weighted by Gasteiger charge is -2.03. The summed E-state index contributed by atoms with van der Waals surface area (Å²) in [6.45, 7) is 2.03. The van der Waals surface area contributed by atoms with Crippen LogP contribution in [0.3, 0.4) is 0 Å². The molecule has 5 heteroatoms. The Morgan fingerprint density at radius 2 is 1.95 bits per heavy atom. The number of thiazole rings is 1. The highest BCUT2D eigenvalue weighted by molar-refractivity contribution is 7.84. The quantitative estimate of drug-likeness (QED) is 0.890. The van der Waals surface area contributed by atoms with Crippen molar-refractivity contribution in [2.24, 2.45) is 0 Å². The number of aryl methyl sites for hydroxylation is 2. The van der Waals surface area contributed by atoms with E-state index in [2.05, 4.69) is 4.98 Å². The van der Waals surface area contributed by atoms with Crippen molar-refractivity contribution < 1.29 is 9.32 Å². The summed E-state index contributed by atoms with van der Waals surface area (Å²) in [5, 5.41) is 12.0. The molecule has 2 aromatic rings. The Balaban J connectivity index is 1.83. The van der Waals surface area contributed by atoms with Crippen LogP contribution < -0.4 is 0 Å². The lowest BCUT2D eigenvalue weighted by molar-refractivity contribution is 0.282. The fourth-order valence-corrected chi connectivity index (χ4v) is 3.53. The zero-order valence-corrected chi connectivity index (χ0v) is 12.5. The maximum Gasteiger partial charge on any atom is 0.0897 e. The Labute approximate surface area is 119 Å². The van der Waals surface area contributed by atoms with Gasteiger partial charge < -0.3 is 5.11 Å². The van der Waals surface area contributed by atoms with E-state index in [9.17, 15) is 4.21 Å². The summed E-state index contributed by atoms with van der Waals surface area (Å²) < 4.78 is 12.0. The van der Waals surface area contributed by atoms with Gasteiger partial charge in [-0.2, -0.15) is 0 Å². The van der Waals surface area contributed by atoms with Crippen molar-refractivity contribution >= 4 is 22.1 Å². The predicted octanol–water partition coefficient (Wildman–Crippen LogP) is 2.44. The first-order valence-corrected chi connectivity index (χ1v) is 8.49. The van der Waals surface area contributed by atoms with Crippen LogP contribution in [0.25, 0.3) is 0 Å². The highest BCUT2D eigenvalue weighted by Gasteiger charge is 2.05. The molecular formula is C14H17NO2S2. The van der Waals surface area contributed by atoms with E-state index in [-0.39, 0.29) is 6.61 Å². The normalized spacial score (nSPS) is 12.5. The van der Waals surface area contributed by atoms with Crippen molar-refractivity contribution in [2.45, 2.75) is 25.7 Å². The SMILES string of the molecule is Cc1nc(CCS(=O)Cc2ccc(CO)cc2)cs1. The zero-order chi connectivity index (χ0) is 13.7. The van der Waals surface area contributed by atoms with Crippen molar-refractivity contribution in [1.29, 1.82) is 0 Å². The van der Waals surface area contributed by atoms with Gasteiger partial charge in [-0.15, -0.1) is 11.3 Å². The van der Waals surface area contributed by atoms with Gasteiger partial charge in [-0.1, -0.05) is 24.3 Å². The van der Waals surface area contributed by atoms with E-state index in [0.717, 1.165) is 28.2 Å². The molecule has 1 N–H and O–H groups in total. The molecule has 0 aliphatic rings. The van der Waals surface area contributed by atoms with Crippen molar-refractivity contribution in [3.8, 4) is 0 Å². The third-order valence-electron chi connectivity index (χ3n) is 2.79. The van der Waals surface area contributed by atoms with Gasteiger partial charge in [0.1, 0.15) is 0 Å². The summed E-state index contributed by atoms with van der Waals surface area (Å²) in [5.74, 6) is 1.21. The molecule has 2 rings (SSSR count). The number of hydrogen-bond acceptors (Lipinski definition) is 4. The van der Waals surface area contributed by atoms with E-state index in [1.807, 2.05) is 36.6 Å². The monoisotopic (exact) mass is 295 g/mol. The molecule has 0 saturated carbocycles. The van der Waals surface area contributed by atoms with E-state index >= 15 is 0 Å². The molecule has 0 amide bonds. The first-order valence-electron chi connectivity index (χ1n) is 6.12. The Hall–Kier alpha value is -1.04. The minimum Gasteiger partial charge on any atom is -0.392 e. The second-order valence-corrected chi connectivity index (χ2v) is 7.01. The Morgan fingerprint density at radius 1 is 1.26 bits per heavy atom. The van der Waals surface area contributed by atoms with Gasteiger partial charge in [0.05, 0.1) is 17.3 Å². The number of aromatic nitrogens is 1. The van der Waals surface area contributed by atoms with Crippen LogP contribution >= 0.6 is 11.3 Å². The van der Waals surface area contributed by atoms with Crippen LogP contribution in [0.1, 0.15) is 21.8 Å². The molecule has 1 unspecified atom stereocenters. The number of hydrogen-bond donors (Lipinski definition) is 1. The summed E-state index contributed by atoms with van der Waals surface area (Å²) in [4.78, 5) is 4.37. The van der Waals surface area contributed by atoms with Crippen LogP contribution in [-0.4, -0.2) is 20.1 Å². The van der Waals surface area contributed by atoms with Gasteiger partial charge in [0, 0.05) is 34.1 Å². The molecule has 1 aromatic carbocycles. The molecule has 0 fully saturated rings. The predicted molar refractivity (Wildman–Crippen MR) is 79.6 cm³/mol. The lowest BCUT2D eigenvalue weighted by atomic mass is 10.2. The largest absolute Gasteiger partial charge is 0.392 e. The topological polar surface area (TPSA) is 50.2 Å². The molecule has 0 aliphatic carbocycles. The Kier molecular flexibility index (Phi) is 5.24. The van der Waals surface area contributed by atoms with E-state index in [1.165, 1.54) is 0 Å². The molecule has 102 valence electrons. The smallest absolute Gasteiger partial charge is 0.0897 e. The van der Waals surface area contributed by atoms with Gasteiger partial charge in [0.25, 0.3) is 0 Å². The number of nitrogens with zero attached hydrogens (tertiary/aromatic N) is 1. The van der Waals surface area contributed by atoms with Gasteiger partial charge in [0.2, 0.25) is 0 Å². The Morgan fingerprint density at radius 3 is 2.53 bits per heavy atom. The van der Waals surface area contributed by atoms with Crippen LogP contribution in [0.15, 0.2) is 29.6 Å². The van der Waals surface area contributed by atoms with E-state index < -0.39 is 10.8 Å². The minimum absolute atomic E-state index is 0.0482. The fraction of sp³-hybridized carbons (Fsp3) is 0.357. The first-order chi connectivity index (χ1) is 9.17. The number of rotatable bonds is 6. The third kappa shape index (κ3) is 4.53. The molecule has 1 heterocycles. The van der Waals surface area contributed by atoms with Crippen LogP contribution in [0, 0.1) is 6.92 Å². The van der Waals surface area contributed by atoms with Crippen molar-refractivity contribution in [3.05, 3.63) is 51.5 Å². The zero-order valence-electron chi connectivity index (χ0n) is 10.8. The number of aliphatic hydroxyl groups is 1. The van der Waals surface area contributed by atoms with E-state index in [4.69, 9.17) is 5.11 Å². The summed E-state index contributed by atoms with van der Waals surface area (Å²) in [5.41, 5.74) is 2.96. The van der Waals surface area contributed by atoms with Gasteiger partial charge >= 0.3 is 0 Å². The second-order valence-electron chi connectivity index (χ2n) is 4.37. The van der Waals surface area contributed by atoms with E-state index in [1.54, 1.807) is 11.3 Å². The van der Waals surface area contributed by atoms with Crippen LogP contribution in [0.4, 0.5) is 0 Å². The number of benzene rings is 1. The molecule has 0 saturated heterocycles. The van der Waals surface area contributed by atoms with Crippen molar-refractivity contribution in [3.63, 3.8) is 0 Å². The average Bonchev–Trinajstić information content (AvgIpc) is 2.83. The number of aliphatic hydroxyl groups excluding tert-OH is 1. The fourth-order valence-electron chi connectivity index (χ4n) is 1.74. The molecule has 0 bridgehead atoms. The molecule has 0 aliphatic heterocycles. The summed E-state index contributed by atoms with van der Waals surface area (Å²) >= 11 is 1.63. The highest BCUT2D eigenvalue weighted by atomic mass is 32.2. The molecule has 0 radical (unpaired) electrons. The van der Waals surface area contributed by atoms with E-state index in [0.29, 0.717) is 11.5 Å². The molecule has 0 spiro atoms. The van der Waals surface area contributed by atoms with Gasteiger partial charge in [-0.3, -0.25) is 4.21 Å². The van der Waals surface area contributed by atoms with Crippen molar-refractivity contribution in [2.75, 3.05) is 5.75 Å². The van der Waals surface area contributed by atoms with Crippen LogP contribution in [-0.2, 0) is 29.6 Å². The van der Waals surface area contributed by atoms with Crippen molar-refractivity contribution in [1.82, 2.24) is 4.98 Å². The summed E-state index contributed by atoms with van der Waals surface area (Å²) in [6, 6.07) is 7.60. The van der Waals surface area contributed by atoms with Gasteiger partial charge in [-0.05, 0) is 18.1 Å². The minimum atomic E-state index is -0.869.